The first-order valence-electron chi connectivity index (χ1n) is 8.79. The molecule has 0 aliphatic heterocycles. The van der Waals surface area contributed by atoms with E-state index in [9.17, 15) is 9.59 Å². The molecule has 0 unspecified atom stereocenters. The number of benzene rings is 2. The number of aromatic nitrogens is 4. The number of amides is 1. The van der Waals surface area contributed by atoms with E-state index in [-0.39, 0.29) is 24.1 Å². The third-order valence-corrected chi connectivity index (χ3v) is 4.53. The lowest BCUT2D eigenvalue weighted by molar-refractivity contribution is -0.122. The molecule has 0 aliphatic rings. The number of carbonyl (C=O) groups is 1. The lowest BCUT2D eigenvalue weighted by Crippen LogP contribution is -2.39. The van der Waals surface area contributed by atoms with E-state index in [1.165, 1.54) is 0 Å². The second-order valence-electron chi connectivity index (χ2n) is 6.60. The number of nitrogens with zero attached hydrogens (tertiary/aromatic N) is 3. The third kappa shape index (κ3) is 3.44. The summed E-state index contributed by atoms with van der Waals surface area (Å²) in [6, 6.07) is 14.9. The van der Waals surface area contributed by atoms with Crippen molar-refractivity contribution in [3.05, 3.63) is 70.6 Å². The Morgan fingerprint density at radius 3 is 2.74 bits per heavy atom. The summed E-state index contributed by atoms with van der Waals surface area (Å²) in [6.45, 7) is 1.78. The molecule has 0 bridgehead atoms. The van der Waals surface area contributed by atoms with Gasteiger partial charge in [0.1, 0.15) is 12.1 Å². The van der Waals surface area contributed by atoms with Crippen molar-refractivity contribution < 1.29 is 4.79 Å². The monoisotopic (exact) mass is 361 g/mol. The normalized spacial score (nSPS) is 12.3. The van der Waals surface area contributed by atoms with Gasteiger partial charge in [0.2, 0.25) is 5.91 Å². The van der Waals surface area contributed by atoms with Crippen LogP contribution in [0.4, 0.5) is 0 Å². The first kappa shape index (κ1) is 17.0. The Morgan fingerprint density at radius 1 is 1.15 bits per heavy atom. The van der Waals surface area contributed by atoms with Crippen molar-refractivity contribution in [1.82, 2.24) is 25.3 Å². The van der Waals surface area contributed by atoms with Gasteiger partial charge in [-0.05, 0) is 37.1 Å². The van der Waals surface area contributed by atoms with Crippen LogP contribution in [0.5, 0.6) is 0 Å². The first-order chi connectivity index (χ1) is 13.1. The van der Waals surface area contributed by atoms with Gasteiger partial charge in [-0.1, -0.05) is 35.5 Å². The zero-order chi connectivity index (χ0) is 18.8. The molecule has 2 heterocycles. The van der Waals surface area contributed by atoms with Gasteiger partial charge in [0, 0.05) is 23.1 Å². The Morgan fingerprint density at radius 2 is 1.89 bits per heavy atom. The van der Waals surface area contributed by atoms with E-state index in [4.69, 9.17) is 0 Å². The summed E-state index contributed by atoms with van der Waals surface area (Å²) in [5, 5.41) is 12.4. The molecule has 2 N–H and O–H groups in total. The van der Waals surface area contributed by atoms with E-state index >= 15 is 0 Å². The average Bonchev–Trinajstić information content (AvgIpc) is 3.07. The van der Waals surface area contributed by atoms with Crippen LogP contribution in [0, 0.1) is 0 Å². The molecule has 7 nitrogen and oxygen atoms in total. The zero-order valence-electron chi connectivity index (χ0n) is 14.8. The maximum atomic E-state index is 12.4. The van der Waals surface area contributed by atoms with Gasteiger partial charge in [-0.25, -0.2) is 4.68 Å². The van der Waals surface area contributed by atoms with E-state index in [2.05, 4.69) is 26.7 Å². The molecule has 1 atom stereocenters. The van der Waals surface area contributed by atoms with Gasteiger partial charge in [0.25, 0.3) is 5.56 Å². The summed E-state index contributed by atoms with van der Waals surface area (Å²) in [6.07, 6.45) is 2.65. The minimum Gasteiger partial charge on any atom is -0.361 e. The van der Waals surface area contributed by atoms with Gasteiger partial charge in [-0.3, -0.25) is 9.59 Å². The molecule has 2 aromatic heterocycles. The van der Waals surface area contributed by atoms with Crippen molar-refractivity contribution >= 4 is 27.7 Å². The molecule has 2 aromatic carbocycles. The van der Waals surface area contributed by atoms with Crippen LogP contribution in [0.2, 0.25) is 0 Å². The Kier molecular flexibility index (Phi) is 4.42. The molecule has 0 fully saturated rings. The number of nitrogens with one attached hydrogen (secondary N) is 2. The van der Waals surface area contributed by atoms with Crippen molar-refractivity contribution in [2.24, 2.45) is 0 Å². The second-order valence-corrected chi connectivity index (χ2v) is 6.60. The van der Waals surface area contributed by atoms with Crippen LogP contribution in [0.3, 0.4) is 0 Å². The Hall–Kier alpha value is -3.48. The van der Waals surface area contributed by atoms with E-state index in [1.807, 2.05) is 31.3 Å². The molecule has 7 heteroatoms. The fourth-order valence-corrected chi connectivity index (χ4v) is 3.26. The van der Waals surface area contributed by atoms with Gasteiger partial charge >= 0.3 is 0 Å². The third-order valence-electron chi connectivity index (χ3n) is 4.53. The molecule has 0 spiro atoms. The molecular formula is C20H19N5O2. The number of rotatable bonds is 5. The summed E-state index contributed by atoms with van der Waals surface area (Å²) >= 11 is 0. The molecule has 0 saturated heterocycles. The van der Waals surface area contributed by atoms with Gasteiger partial charge in [0.15, 0.2) is 0 Å². The number of carbonyl (C=O) groups excluding carboxylic acids is 1. The van der Waals surface area contributed by atoms with Gasteiger partial charge in [0.05, 0.1) is 5.39 Å². The molecule has 27 heavy (non-hydrogen) atoms. The highest BCUT2D eigenvalue weighted by molar-refractivity contribution is 5.83. The van der Waals surface area contributed by atoms with Crippen LogP contribution in [-0.2, 0) is 17.8 Å². The SMILES string of the molecule is C[C@@H](Cc1c[nH]c2ccccc12)NC(=O)Cn1nnc2ccccc2c1=O. The summed E-state index contributed by atoms with van der Waals surface area (Å²) in [5.74, 6) is -0.269. The summed E-state index contributed by atoms with van der Waals surface area (Å²) in [4.78, 5) is 28.0. The van der Waals surface area contributed by atoms with E-state index in [1.54, 1.807) is 24.3 Å². The van der Waals surface area contributed by atoms with Gasteiger partial charge in [-0.15, -0.1) is 5.10 Å². The fraction of sp³-hybridized carbons (Fsp3) is 0.200. The molecule has 136 valence electrons. The minimum absolute atomic E-state index is 0.0826. The van der Waals surface area contributed by atoms with Crippen LogP contribution in [0.25, 0.3) is 21.8 Å². The second kappa shape index (κ2) is 7.03. The Balaban J connectivity index is 1.45. The smallest absolute Gasteiger partial charge is 0.278 e. The van der Waals surface area contributed by atoms with Crippen molar-refractivity contribution in [3.8, 4) is 0 Å². The first-order valence-corrected chi connectivity index (χ1v) is 8.79. The number of hydrogen-bond acceptors (Lipinski definition) is 4. The maximum absolute atomic E-state index is 12.4. The Labute approximate surface area is 155 Å². The van der Waals surface area contributed by atoms with Crippen LogP contribution < -0.4 is 10.9 Å². The summed E-state index contributed by atoms with van der Waals surface area (Å²) < 4.78 is 1.09. The van der Waals surface area contributed by atoms with Crippen molar-refractivity contribution in [2.75, 3.05) is 0 Å². The van der Waals surface area contributed by atoms with Crippen molar-refractivity contribution in [1.29, 1.82) is 0 Å². The van der Waals surface area contributed by atoms with E-state index in [0.717, 1.165) is 21.1 Å². The van der Waals surface area contributed by atoms with Gasteiger partial charge < -0.3 is 10.3 Å². The predicted molar refractivity (Wildman–Crippen MR) is 103 cm³/mol. The van der Waals surface area contributed by atoms with Gasteiger partial charge in [-0.2, -0.15) is 0 Å². The molecule has 0 saturated carbocycles. The summed E-state index contributed by atoms with van der Waals surface area (Å²) in [5.41, 5.74) is 2.41. The Bertz CT molecular complexity index is 1180. The van der Waals surface area contributed by atoms with Crippen molar-refractivity contribution in [2.45, 2.75) is 25.9 Å². The molecule has 4 aromatic rings. The highest BCUT2D eigenvalue weighted by Crippen LogP contribution is 2.18. The predicted octanol–water partition coefficient (Wildman–Crippen LogP) is 2.02. The highest BCUT2D eigenvalue weighted by atomic mass is 16.2. The fourth-order valence-electron chi connectivity index (χ4n) is 3.26. The van der Waals surface area contributed by atoms with E-state index < -0.39 is 0 Å². The number of hydrogen-bond donors (Lipinski definition) is 2. The molecule has 1 amide bonds. The zero-order valence-corrected chi connectivity index (χ0v) is 14.8. The standard InChI is InChI=1S/C20H19N5O2/c1-13(10-14-11-21-17-8-4-2-6-15(14)17)22-19(26)12-25-20(27)16-7-3-5-9-18(16)23-24-25/h2-9,11,13,21H,10,12H2,1H3,(H,22,26)/t13-/m0/s1. The number of aromatic amines is 1. The summed E-state index contributed by atoms with van der Waals surface area (Å²) in [7, 11) is 0. The van der Waals surface area contributed by atoms with Crippen LogP contribution >= 0.6 is 0 Å². The molecule has 0 radical (unpaired) electrons. The quantitative estimate of drug-likeness (QED) is 0.569. The largest absolute Gasteiger partial charge is 0.361 e. The van der Waals surface area contributed by atoms with E-state index in [0.29, 0.717) is 17.3 Å². The average molecular weight is 361 g/mol. The number of fused-ring (bicyclic) bond motifs is 2. The maximum Gasteiger partial charge on any atom is 0.278 e. The number of para-hydroxylation sites is 1. The number of H-pyrrole nitrogens is 1. The lowest BCUT2D eigenvalue weighted by Gasteiger charge is -2.14. The van der Waals surface area contributed by atoms with Crippen LogP contribution in [0.15, 0.2) is 59.5 Å². The van der Waals surface area contributed by atoms with Crippen LogP contribution in [-0.4, -0.2) is 31.9 Å². The molecular weight excluding hydrogens is 342 g/mol. The highest BCUT2D eigenvalue weighted by Gasteiger charge is 2.13. The minimum atomic E-state index is -0.319. The van der Waals surface area contributed by atoms with Crippen molar-refractivity contribution in [3.63, 3.8) is 0 Å². The topological polar surface area (TPSA) is 92.7 Å². The molecule has 4 rings (SSSR count). The van der Waals surface area contributed by atoms with Crippen LogP contribution in [0.1, 0.15) is 12.5 Å². The molecule has 0 aliphatic carbocycles. The lowest BCUT2D eigenvalue weighted by atomic mass is 10.1.